The molecule has 0 heterocycles. The minimum absolute atomic E-state index is 0.463. The number of allylic oxidation sites excluding steroid dienone is 1. The third kappa shape index (κ3) is 2.46. The standard InChI is InChI=1S/C9H17O2P/c1-8(12(10)11-2)9-6-4-3-5-7-9/h9,12H,1,3-7H2,2H3. The highest BCUT2D eigenvalue weighted by Gasteiger charge is 2.19. The van der Waals surface area contributed by atoms with E-state index >= 15 is 0 Å². The van der Waals surface area contributed by atoms with Crippen molar-refractivity contribution in [3.63, 3.8) is 0 Å². The van der Waals surface area contributed by atoms with Crippen LogP contribution in [0.25, 0.3) is 0 Å². The molecule has 0 N–H and O–H groups in total. The van der Waals surface area contributed by atoms with Crippen molar-refractivity contribution in [1.29, 1.82) is 0 Å². The largest absolute Gasteiger partial charge is 0.331 e. The first-order valence-corrected chi connectivity index (χ1v) is 5.84. The van der Waals surface area contributed by atoms with Crippen LogP contribution >= 0.6 is 8.03 Å². The molecule has 70 valence electrons. The van der Waals surface area contributed by atoms with Crippen LogP contribution in [-0.2, 0) is 9.09 Å². The molecule has 0 bridgehead atoms. The Morgan fingerprint density at radius 2 is 2.00 bits per heavy atom. The summed E-state index contributed by atoms with van der Waals surface area (Å²) < 4.78 is 16.1. The van der Waals surface area contributed by atoms with E-state index in [1.807, 2.05) is 0 Å². The lowest BCUT2D eigenvalue weighted by molar-refractivity contribution is 0.388. The molecule has 1 fully saturated rings. The molecule has 0 aromatic carbocycles. The zero-order valence-corrected chi connectivity index (χ0v) is 8.64. The summed E-state index contributed by atoms with van der Waals surface area (Å²) in [6.07, 6.45) is 6.12. The van der Waals surface area contributed by atoms with Gasteiger partial charge in [0.25, 0.3) is 0 Å². The van der Waals surface area contributed by atoms with E-state index < -0.39 is 8.03 Å². The third-order valence-corrected chi connectivity index (χ3v) is 3.85. The Morgan fingerprint density at radius 3 is 2.50 bits per heavy atom. The molecule has 0 amide bonds. The summed E-state index contributed by atoms with van der Waals surface area (Å²) >= 11 is 0. The van der Waals surface area contributed by atoms with Crippen molar-refractivity contribution in [2.24, 2.45) is 5.92 Å². The molecule has 1 rings (SSSR count). The second-order valence-electron chi connectivity index (χ2n) is 3.35. The van der Waals surface area contributed by atoms with Crippen LogP contribution < -0.4 is 0 Å². The molecule has 12 heavy (non-hydrogen) atoms. The van der Waals surface area contributed by atoms with Gasteiger partial charge in [0.2, 0.25) is 8.03 Å². The number of hydrogen-bond donors (Lipinski definition) is 0. The second-order valence-corrected chi connectivity index (χ2v) is 4.98. The van der Waals surface area contributed by atoms with Crippen LogP contribution in [0.4, 0.5) is 0 Å². The normalized spacial score (nSPS) is 22.1. The summed E-state index contributed by atoms with van der Waals surface area (Å²) in [5, 5.41) is 0.849. The fourth-order valence-electron chi connectivity index (χ4n) is 1.75. The van der Waals surface area contributed by atoms with Crippen LogP contribution in [0.1, 0.15) is 32.1 Å². The van der Waals surface area contributed by atoms with Crippen molar-refractivity contribution in [3.8, 4) is 0 Å². The van der Waals surface area contributed by atoms with E-state index in [1.165, 1.54) is 26.4 Å². The lowest BCUT2D eigenvalue weighted by atomic mass is 9.89. The van der Waals surface area contributed by atoms with Crippen LogP contribution in [-0.4, -0.2) is 7.11 Å². The van der Waals surface area contributed by atoms with Gasteiger partial charge in [-0.25, -0.2) is 0 Å². The minimum atomic E-state index is -1.95. The van der Waals surface area contributed by atoms with Crippen LogP contribution in [0.5, 0.6) is 0 Å². The molecule has 1 atom stereocenters. The van der Waals surface area contributed by atoms with Crippen molar-refractivity contribution in [2.45, 2.75) is 32.1 Å². The Hall–Kier alpha value is -0.0700. The monoisotopic (exact) mass is 188 g/mol. The lowest BCUT2D eigenvalue weighted by Crippen LogP contribution is -2.06. The van der Waals surface area contributed by atoms with Gasteiger partial charge in [0.05, 0.1) is 0 Å². The predicted octanol–water partition coefficient (Wildman–Crippen LogP) is 3.20. The first-order valence-electron chi connectivity index (χ1n) is 4.53. The first-order chi connectivity index (χ1) is 5.75. The predicted molar refractivity (Wildman–Crippen MR) is 51.7 cm³/mol. The van der Waals surface area contributed by atoms with Gasteiger partial charge in [-0.05, 0) is 18.8 Å². The van der Waals surface area contributed by atoms with Crippen molar-refractivity contribution >= 4 is 8.03 Å². The van der Waals surface area contributed by atoms with Crippen LogP contribution in [0.2, 0.25) is 0 Å². The Morgan fingerprint density at radius 1 is 1.42 bits per heavy atom. The van der Waals surface area contributed by atoms with E-state index in [1.54, 1.807) is 0 Å². The number of rotatable bonds is 3. The van der Waals surface area contributed by atoms with E-state index in [0.29, 0.717) is 5.92 Å². The molecule has 1 saturated carbocycles. The number of hydrogen-bond acceptors (Lipinski definition) is 2. The summed E-state index contributed by atoms with van der Waals surface area (Å²) in [5.41, 5.74) is 0. The van der Waals surface area contributed by atoms with E-state index in [0.717, 1.165) is 18.2 Å². The molecule has 0 aromatic rings. The van der Waals surface area contributed by atoms with Crippen LogP contribution in [0.15, 0.2) is 11.9 Å². The van der Waals surface area contributed by atoms with E-state index in [4.69, 9.17) is 4.52 Å². The molecule has 1 aliphatic rings. The molecule has 0 aliphatic heterocycles. The molecular weight excluding hydrogens is 171 g/mol. The summed E-state index contributed by atoms with van der Waals surface area (Å²) in [6.45, 7) is 3.86. The molecule has 2 nitrogen and oxygen atoms in total. The maximum absolute atomic E-state index is 11.3. The SMILES string of the molecule is C=C(C1CCCCC1)[PH](=O)OC. The molecule has 0 radical (unpaired) electrons. The summed E-state index contributed by atoms with van der Waals surface area (Å²) in [6, 6.07) is 0. The Balaban J connectivity index is 2.45. The van der Waals surface area contributed by atoms with Gasteiger partial charge >= 0.3 is 0 Å². The van der Waals surface area contributed by atoms with Gasteiger partial charge in [0.1, 0.15) is 0 Å². The highest BCUT2D eigenvalue weighted by atomic mass is 31.1. The zero-order chi connectivity index (χ0) is 8.97. The van der Waals surface area contributed by atoms with Gasteiger partial charge in [-0.15, -0.1) is 0 Å². The van der Waals surface area contributed by atoms with Gasteiger partial charge < -0.3 is 4.52 Å². The van der Waals surface area contributed by atoms with Gasteiger partial charge in [-0.2, -0.15) is 0 Å². The van der Waals surface area contributed by atoms with E-state index in [9.17, 15) is 4.57 Å². The molecule has 1 unspecified atom stereocenters. The molecule has 1 aliphatic carbocycles. The highest BCUT2D eigenvalue weighted by Crippen LogP contribution is 2.42. The van der Waals surface area contributed by atoms with Crippen LogP contribution in [0.3, 0.4) is 0 Å². The van der Waals surface area contributed by atoms with Crippen molar-refractivity contribution < 1.29 is 9.09 Å². The molecule has 0 saturated heterocycles. The van der Waals surface area contributed by atoms with Crippen LogP contribution in [0, 0.1) is 5.92 Å². The van der Waals surface area contributed by atoms with Gasteiger partial charge in [-0.1, -0.05) is 25.8 Å². The molecule has 0 aromatic heterocycles. The average Bonchev–Trinajstić information content (AvgIpc) is 2.17. The molecular formula is C9H17O2P. The Labute approximate surface area is 74.9 Å². The van der Waals surface area contributed by atoms with Gasteiger partial charge in [-0.3, -0.25) is 4.57 Å². The zero-order valence-electron chi connectivity index (χ0n) is 7.64. The quantitative estimate of drug-likeness (QED) is 0.636. The average molecular weight is 188 g/mol. The lowest BCUT2D eigenvalue weighted by Gasteiger charge is -2.22. The maximum Gasteiger partial charge on any atom is 0.216 e. The van der Waals surface area contributed by atoms with Gasteiger partial charge in [0, 0.05) is 12.4 Å². The second kappa shape index (κ2) is 4.84. The smallest absolute Gasteiger partial charge is 0.216 e. The fraction of sp³-hybridized carbons (Fsp3) is 0.778. The Bertz CT molecular complexity index is 183. The maximum atomic E-state index is 11.3. The fourth-order valence-corrected chi connectivity index (χ4v) is 2.63. The van der Waals surface area contributed by atoms with E-state index in [-0.39, 0.29) is 0 Å². The highest BCUT2D eigenvalue weighted by molar-refractivity contribution is 7.44. The third-order valence-electron chi connectivity index (χ3n) is 2.55. The van der Waals surface area contributed by atoms with E-state index in [2.05, 4.69) is 6.58 Å². The summed E-state index contributed by atoms with van der Waals surface area (Å²) in [4.78, 5) is 0. The Kier molecular flexibility index (Phi) is 4.03. The van der Waals surface area contributed by atoms with Crippen molar-refractivity contribution in [1.82, 2.24) is 0 Å². The summed E-state index contributed by atoms with van der Waals surface area (Å²) in [5.74, 6) is 0.463. The van der Waals surface area contributed by atoms with Gasteiger partial charge in [0.15, 0.2) is 0 Å². The minimum Gasteiger partial charge on any atom is -0.331 e. The van der Waals surface area contributed by atoms with Crippen molar-refractivity contribution in [2.75, 3.05) is 7.11 Å². The first kappa shape index (κ1) is 10.0. The summed E-state index contributed by atoms with van der Waals surface area (Å²) in [7, 11) is -0.455. The topological polar surface area (TPSA) is 26.3 Å². The van der Waals surface area contributed by atoms with Crippen molar-refractivity contribution in [3.05, 3.63) is 11.9 Å². The molecule has 3 heteroatoms. The molecule has 0 spiro atoms.